The van der Waals surface area contributed by atoms with Crippen molar-refractivity contribution in [1.29, 1.82) is 0 Å². The van der Waals surface area contributed by atoms with Gasteiger partial charge in [-0.05, 0) is 54.8 Å². The van der Waals surface area contributed by atoms with E-state index in [-0.39, 0.29) is 17.9 Å². The number of hydrogen-bond acceptors (Lipinski definition) is 6. The second-order valence-electron chi connectivity index (χ2n) is 7.37. The van der Waals surface area contributed by atoms with E-state index in [1.165, 1.54) is 34.6 Å². The summed E-state index contributed by atoms with van der Waals surface area (Å²) in [4.78, 5) is 24.6. The summed E-state index contributed by atoms with van der Waals surface area (Å²) in [6, 6.07) is 10.3. The smallest absolute Gasteiger partial charge is 0.411 e. The molecule has 33 heavy (non-hydrogen) atoms. The monoisotopic (exact) mass is 485 g/mol. The number of halogens is 3. The maximum atomic E-state index is 12.5. The zero-order valence-electron chi connectivity index (χ0n) is 17.7. The van der Waals surface area contributed by atoms with E-state index in [1.54, 1.807) is 19.1 Å². The van der Waals surface area contributed by atoms with Crippen LogP contribution in [0.3, 0.4) is 0 Å². The Morgan fingerprint density at radius 3 is 2.36 bits per heavy atom. The third-order valence-corrected chi connectivity index (χ3v) is 6.79. The molecule has 0 N–H and O–H groups in total. The van der Waals surface area contributed by atoms with Crippen LogP contribution in [-0.2, 0) is 32.5 Å². The molecule has 0 bridgehead atoms. The van der Waals surface area contributed by atoms with Crippen molar-refractivity contribution in [2.24, 2.45) is 0 Å². The lowest BCUT2D eigenvalue weighted by Crippen LogP contribution is -2.30. The molecule has 11 heteroatoms. The fourth-order valence-corrected chi connectivity index (χ4v) is 4.47. The second-order valence-corrected chi connectivity index (χ2v) is 9.55. The van der Waals surface area contributed by atoms with Crippen LogP contribution in [-0.4, -0.2) is 51.9 Å². The molecule has 0 unspecified atom stereocenters. The largest absolute Gasteiger partial charge is 0.454 e. The van der Waals surface area contributed by atoms with E-state index < -0.39 is 41.2 Å². The van der Waals surface area contributed by atoms with Crippen molar-refractivity contribution in [3.05, 3.63) is 64.7 Å². The SMILES string of the molecule is CCS(=O)(=O)N1CCc2cc(C(=O)COC(=O)c3ccc(COCC(F)(F)F)cc3)ccc21. The first kappa shape index (κ1) is 24.7. The highest BCUT2D eigenvalue weighted by molar-refractivity contribution is 7.92. The van der Waals surface area contributed by atoms with Gasteiger partial charge in [-0.15, -0.1) is 0 Å². The number of ketones is 1. The van der Waals surface area contributed by atoms with Gasteiger partial charge in [-0.3, -0.25) is 9.10 Å². The number of carbonyl (C=O) groups is 2. The summed E-state index contributed by atoms with van der Waals surface area (Å²) in [5.41, 5.74) is 2.16. The predicted octanol–water partition coefficient (Wildman–Crippen LogP) is 3.52. The first-order chi connectivity index (χ1) is 15.5. The molecular formula is C22H22F3NO6S. The maximum Gasteiger partial charge on any atom is 0.411 e. The third-order valence-electron chi connectivity index (χ3n) is 5.01. The molecule has 2 aromatic rings. The minimum Gasteiger partial charge on any atom is -0.454 e. The van der Waals surface area contributed by atoms with Gasteiger partial charge in [0.05, 0.1) is 23.6 Å². The summed E-state index contributed by atoms with van der Waals surface area (Å²) in [6.45, 7) is -0.258. The maximum absolute atomic E-state index is 12.5. The van der Waals surface area contributed by atoms with E-state index in [1.807, 2.05) is 0 Å². The predicted molar refractivity (Wildman–Crippen MR) is 114 cm³/mol. The molecule has 1 aliphatic rings. The lowest BCUT2D eigenvalue weighted by molar-refractivity contribution is -0.176. The lowest BCUT2D eigenvalue weighted by Gasteiger charge is -2.18. The number of esters is 1. The minimum atomic E-state index is -4.41. The van der Waals surface area contributed by atoms with Gasteiger partial charge in [0.2, 0.25) is 10.0 Å². The van der Waals surface area contributed by atoms with Crippen LogP contribution in [0.2, 0.25) is 0 Å². The molecule has 0 fully saturated rings. The fourth-order valence-electron chi connectivity index (χ4n) is 3.31. The molecule has 0 saturated heterocycles. The van der Waals surface area contributed by atoms with E-state index in [9.17, 15) is 31.2 Å². The van der Waals surface area contributed by atoms with Gasteiger partial charge < -0.3 is 9.47 Å². The lowest BCUT2D eigenvalue weighted by atomic mass is 10.1. The first-order valence-corrected chi connectivity index (χ1v) is 11.7. The first-order valence-electron chi connectivity index (χ1n) is 10.1. The number of nitrogens with zero attached hydrogens (tertiary/aromatic N) is 1. The van der Waals surface area contributed by atoms with Crippen LogP contribution in [0.4, 0.5) is 18.9 Å². The van der Waals surface area contributed by atoms with Crippen molar-refractivity contribution in [3.63, 3.8) is 0 Å². The summed E-state index contributed by atoms with van der Waals surface area (Å²) in [5, 5.41) is 0. The molecule has 0 amide bonds. The van der Waals surface area contributed by atoms with Crippen molar-refractivity contribution >= 4 is 27.5 Å². The van der Waals surface area contributed by atoms with Crippen molar-refractivity contribution in [2.75, 3.05) is 29.8 Å². The molecule has 1 heterocycles. The van der Waals surface area contributed by atoms with Crippen LogP contribution in [0.15, 0.2) is 42.5 Å². The van der Waals surface area contributed by atoms with Gasteiger partial charge in [-0.2, -0.15) is 13.2 Å². The highest BCUT2D eigenvalue weighted by Crippen LogP contribution is 2.31. The Morgan fingerprint density at radius 1 is 1.06 bits per heavy atom. The summed E-state index contributed by atoms with van der Waals surface area (Å²) >= 11 is 0. The summed E-state index contributed by atoms with van der Waals surface area (Å²) in [7, 11) is -3.39. The Balaban J connectivity index is 1.55. The van der Waals surface area contributed by atoms with Gasteiger partial charge >= 0.3 is 12.1 Å². The minimum absolute atomic E-state index is 0.0232. The fraction of sp³-hybridized carbons (Fsp3) is 0.364. The molecular weight excluding hydrogens is 463 g/mol. The van der Waals surface area contributed by atoms with E-state index in [2.05, 4.69) is 4.74 Å². The second kappa shape index (κ2) is 9.92. The summed E-state index contributed by atoms with van der Waals surface area (Å²) in [6.07, 6.45) is -3.93. The molecule has 178 valence electrons. The van der Waals surface area contributed by atoms with Gasteiger partial charge in [0.15, 0.2) is 12.4 Å². The molecule has 0 aromatic heterocycles. The Bertz CT molecular complexity index is 1130. The molecule has 2 aromatic carbocycles. The van der Waals surface area contributed by atoms with Gasteiger partial charge in [-0.25, -0.2) is 13.2 Å². The number of alkyl halides is 3. The van der Waals surface area contributed by atoms with Crippen LogP contribution in [0.1, 0.15) is 38.8 Å². The summed E-state index contributed by atoms with van der Waals surface area (Å²) < 4.78 is 71.6. The van der Waals surface area contributed by atoms with Crippen molar-refractivity contribution in [1.82, 2.24) is 0 Å². The van der Waals surface area contributed by atoms with Crippen molar-refractivity contribution in [2.45, 2.75) is 26.1 Å². The zero-order chi connectivity index (χ0) is 24.2. The van der Waals surface area contributed by atoms with E-state index in [0.717, 1.165) is 5.56 Å². The third kappa shape index (κ3) is 6.32. The van der Waals surface area contributed by atoms with Crippen molar-refractivity contribution < 1.29 is 40.7 Å². The van der Waals surface area contributed by atoms with Crippen molar-refractivity contribution in [3.8, 4) is 0 Å². The number of hydrogen-bond donors (Lipinski definition) is 0. The number of fused-ring (bicyclic) bond motifs is 1. The standard InChI is InChI=1S/C22H22F3NO6S/c1-2-33(29,30)26-10-9-17-11-18(7-8-19(17)26)20(27)13-32-21(28)16-5-3-15(4-6-16)12-31-14-22(23,24)25/h3-8,11H,2,9-10,12-14H2,1H3. The number of carbonyl (C=O) groups excluding carboxylic acids is 2. The average molecular weight is 485 g/mol. The zero-order valence-corrected chi connectivity index (χ0v) is 18.5. The van der Waals surface area contributed by atoms with Crippen LogP contribution in [0.5, 0.6) is 0 Å². The molecule has 0 saturated carbocycles. The molecule has 0 atom stereocenters. The molecule has 0 spiro atoms. The van der Waals surface area contributed by atoms with Crippen LogP contribution >= 0.6 is 0 Å². The molecule has 1 aliphatic heterocycles. The highest BCUT2D eigenvalue weighted by atomic mass is 32.2. The summed E-state index contributed by atoms with van der Waals surface area (Å²) in [5.74, 6) is -1.22. The number of anilines is 1. The van der Waals surface area contributed by atoms with Gasteiger partial charge in [-0.1, -0.05) is 12.1 Å². The number of Topliss-reactive ketones (excluding diaryl/α,β-unsaturated/α-hetero) is 1. The Hall–Kier alpha value is -2.92. The van der Waals surface area contributed by atoms with Gasteiger partial charge in [0.25, 0.3) is 0 Å². The Morgan fingerprint density at radius 2 is 1.73 bits per heavy atom. The van der Waals surface area contributed by atoms with E-state index >= 15 is 0 Å². The highest BCUT2D eigenvalue weighted by Gasteiger charge is 2.29. The average Bonchev–Trinajstić information content (AvgIpc) is 3.21. The molecule has 0 radical (unpaired) electrons. The number of benzene rings is 2. The van der Waals surface area contributed by atoms with Crippen LogP contribution < -0.4 is 4.31 Å². The van der Waals surface area contributed by atoms with Gasteiger partial charge in [0.1, 0.15) is 6.61 Å². The molecule has 7 nitrogen and oxygen atoms in total. The van der Waals surface area contributed by atoms with Gasteiger partial charge in [0, 0.05) is 12.1 Å². The Kier molecular flexibility index (Phi) is 7.43. The molecule has 3 rings (SSSR count). The topological polar surface area (TPSA) is 90.0 Å². The number of rotatable bonds is 9. The normalized spacial score (nSPS) is 13.6. The Labute approximate surface area is 189 Å². The number of ether oxygens (including phenoxy) is 2. The van der Waals surface area contributed by atoms with Crippen LogP contribution in [0, 0.1) is 0 Å². The quantitative estimate of drug-likeness (QED) is 0.399. The van der Waals surface area contributed by atoms with E-state index in [4.69, 9.17) is 4.74 Å². The van der Waals surface area contributed by atoms with Crippen LogP contribution in [0.25, 0.3) is 0 Å². The molecule has 0 aliphatic carbocycles. The van der Waals surface area contributed by atoms with E-state index in [0.29, 0.717) is 29.8 Å². The number of sulfonamides is 1.